The molecule has 1 aliphatic heterocycles. The number of phenols is 1. The average molecular weight is 262 g/mol. The molecule has 0 aliphatic carbocycles. The van der Waals surface area contributed by atoms with Gasteiger partial charge in [0.05, 0.1) is 5.56 Å². The fraction of sp³-hybridized carbons (Fsp3) is 0.533. The van der Waals surface area contributed by atoms with Gasteiger partial charge in [0.15, 0.2) is 0 Å². The van der Waals surface area contributed by atoms with E-state index < -0.39 is 0 Å². The minimum Gasteiger partial charge on any atom is -0.507 e. The van der Waals surface area contributed by atoms with Crippen LogP contribution < -0.4 is 5.73 Å². The van der Waals surface area contributed by atoms with Gasteiger partial charge in [-0.2, -0.15) is 0 Å². The Morgan fingerprint density at radius 1 is 1.53 bits per heavy atom. The van der Waals surface area contributed by atoms with Crippen LogP contribution in [0, 0.1) is 12.8 Å². The molecule has 1 fully saturated rings. The van der Waals surface area contributed by atoms with Crippen molar-refractivity contribution in [3.63, 3.8) is 0 Å². The number of likely N-dealkylation sites (tertiary alicyclic amines) is 1. The number of rotatable bonds is 2. The fourth-order valence-electron chi connectivity index (χ4n) is 2.62. The van der Waals surface area contributed by atoms with Crippen molar-refractivity contribution in [3.8, 4) is 5.75 Å². The maximum absolute atomic E-state index is 12.5. The van der Waals surface area contributed by atoms with Crippen molar-refractivity contribution in [3.05, 3.63) is 29.3 Å². The van der Waals surface area contributed by atoms with E-state index >= 15 is 0 Å². The lowest BCUT2D eigenvalue weighted by atomic mass is 9.91. The molecule has 1 aromatic carbocycles. The smallest absolute Gasteiger partial charge is 0.257 e. The van der Waals surface area contributed by atoms with Gasteiger partial charge in [-0.3, -0.25) is 4.79 Å². The molecule has 4 heteroatoms. The molecule has 0 aromatic heterocycles. The number of amides is 1. The van der Waals surface area contributed by atoms with Gasteiger partial charge in [-0.25, -0.2) is 0 Å². The first-order valence-electron chi connectivity index (χ1n) is 6.83. The normalized spacial score (nSPS) is 21.2. The number of aryl methyl sites for hydroxylation is 1. The van der Waals surface area contributed by atoms with Gasteiger partial charge in [0.2, 0.25) is 0 Å². The topological polar surface area (TPSA) is 66.6 Å². The number of nitrogens with zero attached hydrogens (tertiary/aromatic N) is 1. The molecule has 2 rings (SSSR count). The third kappa shape index (κ3) is 3.07. The number of carbonyl (C=O) groups is 1. The number of phenolic OH excluding ortho intramolecular Hbond substituents is 1. The number of hydrogen-bond donors (Lipinski definition) is 2. The summed E-state index contributed by atoms with van der Waals surface area (Å²) in [5.74, 6) is 0.315. The van der Waals surface area contributed by atoms with Gasteiger partial charge >= 0.3 is 0 Å². The second-order valence-electron chi connectivity index (χ2n) is 5.53. The first kappa shape index (κ1) is 13.9. The highest BCUT2D eigenvalue weighted by atomic mass is 16.3. The second kappa shape index (κ2) is 5.61. The van der Waals surface area contributed by atoms with Gasteiger partial charge < -0.3 is 15.7 Å². The minimum atomic E-state index is -0.0912. The van der Waals surface area contributed by atoms with Gasteiger partial charge in [-0.05, 0) is 44.7 Å². The number of aromatic hydroxyl groups is 1. The van der Waals surface area contributed by atoms with E-state index in [9.17, 15) is 9.90 Å². The molecule has 3 N–H and O–H groups in total. The zero-order chi connectivity index (χ0) is 14.0. The predicted octanol–water partition coefficient (Wildman–Crippen LogP) is 1.90. The van der Waals surface area contributed by atoms with Crippen molar-refractivity contribution in [2.45, 2.75) is 32.7 Å². The molecule has 1 aromatic rings. The molecular weight excluding hydrogens is 240 g/mol. The molecule has 1 aliphatic rings. The summed E-state index contributed by atoms with van der Waals surface area (Å²) in [6, 6.07) is 5.22. The van der Waals surface area contributed by atoms with E-state index in [1.54, 1.807) is 18.2 Å². The highest BCUT2D eigenvalue weighted by molar-refractivity contribution is 5.97. The Morgan fingerprint density at radius 3 is 2.95 bits per heavy atom. The number of hydrogen-bond acceptors (Lipinski definition) is 3. The van der Waals surface area contributed by atoms with Crippen molar-refractivity contribution in [1.29, 1.82) is 0 Å². The van der Waals surface area contributed by atoms with Crippen molar-refractivity contribution >= 4 is 5.91 Å². The lowest BCUT2D eigenvalue weighted by Gasteiger charge is -2.34. The van der Waals surface area contributed by atoms with Crippen LogP contribution in [0.2, 0.25) is 0 Å². The van der Waals surface area contributed by atoms with E-state index in [2.05, 4.69) is 0 Å². The summed E-state index contributed by atoms with van der Waals surface area (Å²) in [6.07, 6.45) is 2.05. The first-order chi connectivity index (χ1) is 8.99. The number of benzene rings is 1. The molecule has 0 radical (unpaired) electrons. The molecule has 104 valence electrons. The summed E-state index contributed by atoms with van der Waals surface area (Å²) in [5, 5.41) is 9.84. The highest BCUT2D eigenvalue weighted by Crippen LogP contribution is 2.24. The molecule has 2 atom stereocenters. The van der Waals surface area contributed by atoms with E-state index in [4.69, 9.17) is 5.73 Å². The lowest BCUT2D eigenvalue weighted by Crippen LogP contribution is -2.45. The van der Waals surface area contributed by atoms with E-state index in [-0.39, 0.29) is 17.7 Å². The van der Waals surface area contributed by atoms with E-state index in [1.807, 2.05) is 18.7 Å². The van der Waals surface area contributed by atoms with E-state index in [1.165, 1.54) is 0 Å². The Balaban J connectivity index is 2.17. The Morgan fingerprint density at radius 2 is 2.26 bits per heavy atom. The van der Waals surface area contributed by atoms with Crippen molar-refractivity contribution in [2.75, 3.05) is 13.1 Å². The van der Waals surface area contributed by atoms with Crippen LogP contribution in [0.4, 0.5) is 0 Å². The molecule has 19 heavy (non-hydrogen) atoms. The van der Waals surface area contributed by atoms with Crippen LogP contribution in [-0.2, 0) is 0 Å². The van der Waals surface area contributed by atoms with Crippen LogP contribution in [0.5, 0.6) is 5.75 Å². The summed E-state index contributed by atoms with van der Waals surface area (Å²) in [5.41, 5.74) is 7.30. The maximum atomic E-state index is 12.5. The van der Waals surface area contributed by atoms with Crippen LogP contribution in [0.15, 0.2) is 18.2 Å². The average Bonchev–Trinajstić information content (AvgIpc) is 2.41. The molecule has 0 bridgehead atoms. The quantitative estimate of drug-likeness (QED) is 0.855. The zero-order valence-corrected chi connectivity index (χ0v) is 11.6. The van der Waals surface area contributed by atoms with Gasteiger partial charge in [0.1, 0.15) is 5.75 Å². The summed E-state index contributed by atoms with van der Waals surface area (Å²) < 4.78 is 0. The highest BCUT2D eigenvalue weighted by Gasteiger charge is 2.27. The molecule has 1 amide bonds. The first-order valence-corrected chi connectivity index (χ1v) is 6.83. The molecule has 2 unspecified atom stereocenters. The van der Waals surface area contributed by atoms with Crippen LogP contribution >= 0.6 is 0 Å². The van der Waals surface area contributed by atoms with E-state index in [0.717, 1.165) is 24.9 Å². The van der Waals surface area contributed by atoms with Crippen LogP contribution in [0.3, 0.4) is 0 Å². The van der Waals surface area contributed by atoms with Gasteiger partial charge in [0, 0.05) is 19.1 Å². The van der Waals surface area contributed by atoms with Crippen molar-refractivity contribution < 1.29 is 9.90 Å². The monoisotopic (exact) mass is 262 g/mol. The van der Waals surface area contributed by atoms with Crippen LogP contribution in [0.1, 0.15) is 35.7 Å². The van der Waals surface area contributed by atoms with E-state index in [0.29, 0.717) is 18.0 Å². The standard InChI is InChI=1S/C15H22N2O2/c1-10-5-6-14(18)13(8-10)15(19)17-7-3-4-12(9-17)11(2)16/h5-6,8,11-12,18H,3-4,7,9,16H2,1-2H3. The summed E-state index contributed by atoms with van der Waals surface area (Å²) in [4.78, 5) is 14.3. The predicted molar refractivity (Wildman–Crippen MR) is 75.1 cm³/mol. The molecular formula is C15H22N2O2. The van der Waals surface area contributed by atoms with Crippen LogP contribution in [0.25, 0.3) is 0 Å². The Labute approximate surface area is 114 Å². The molecule has 1 heterocycles. The van der Waals surface area contributed by atoms with Gasteiger partial charge in [-0.15, -0.1) is 0 Å². The summed E-state index contributed by atoms with van der Waals surface area (Å²) >= 11 is 0. The second-order valence-corrected chi connectivity index (χ2v) is 5.53. The SMILES string of the molecule is Cc1ccc(O)c(C(=O)N2CCCC(C(C)N)C2)c1. The third-order valence-corrected chi connectivity index (χ3v) is 3.87. The Bertz CT molecular complexity index is 471. The molecule has 0 spiro atoms. The largest absolute Gasteiger partial charge is 0.507 e. The lowest BCUT2D eigenvalue weighted by molar-refractivity contribution is 0.0658. The fourth-order valence-corrected chi connectivity index (χ4v) is 2.62. The minimum absolute atomic E-state index is 0.0542. The number of nitrogens with two attached hydrogens (primary N) is 1. The maximum Gasteiger partial charge on any atom is 0.257 e. The van der Waals surface area contributed by atoms with Crippen molar-refractivity contribution in [2.24, 2.45) is 11.7 Å². The molecule has 1 saturated heterocycles. The van der Waals surface area contributed by atoms with Gasteiger partial charge in [0.25, 0.3) is 5.91 Å². The molecule has 0 saturated carbocycles. The summed E-state index contributed by atoms with van der Waals surface area (Å²) in [6.45, 7) is 5.33. The third-order valence-electron chi connectivity index (χ3n) is 3.87. The zero-order valence-electron chi connectivity index (χ0n) is 11.6. The van der Waals surface area contributed by atoms with Crippen molar-refractivity contribution in [1.82, 2.24) is 4.90 Å². The number of carbonyl (C=O) groups excluding carboxylic acids is 1. The number of piperidine rings is 1. The Hall–Kier alpha value is -1.55. The Kier molecular flexibility index (Phi) is 4.10. The molecule has 4 nitrogen and oxygen atoms in total. The summed E-state index contributed by atoms with van der Waals surface area (Å²) in [7, 11) is 0. The van der Waals surface area contributed by atoms with Crippen LogP contribution in [-0.4, -0.2) is 35.0 Å². The van der Waals surface area contributed by atoms with Gasteiger partial charge in [-0.1, -0.05) is 11.6 Å².